The molecule has 0 aliphatic heterocycles. The van der Waals surface area contributed by atoms with Crippen molar-refractivity contribution in [3.63, 3.8) is 0 Å². The maximum absolute atomic E-state index is 12.4. The zero-order chi connectivity index (χ0) is 32.6. The summed E-state index contributed by atoms with van der Waals surface area (Å²) in [5.41, 5.74) is 5.31. The molecule has 0 saturated heterocycles. The van der Waals surface area contributed by atoms with Gasteiger partial charge >= 0.3 is 19.8 Å². The van der Waals surface area contributed by atoms with Gasteiger partial charge in [0.15, 0.2) is 6.10 Å². The lowest BCUT2D eigenvalue weighted by Gasteiger charge is -2.19. The van der Waals surface area contributed by atoms with Crippen molar-refractivity contribution >= 4 is 19.8 Å². The first kappa shape index (κ1) is 42.8. The molecule has 10 heteroatoms. The lowest BCUT2D eigenvalue weighted by atomic mass is 10.1. The van der Waals surface area contributed by atoms with Crippen LogP contribution in [-0.2, 0) is 32.7 Å². The standard InChI is InChI=1S/C34H66NO8P/c1-3-5-7-9-11-13-14-15-16-17-18-19-21-22-24-26-33(36)40-30-32(31-42-44(38,39)41-29-28-35)43-34(37)27-25-23-20-12-10-8-6-4-2/h9,11,32H,3-8,10,12-31,35H2,1-2H3,(H,38,39)/b11-9+/t32-/m0/s1. The molecule has 0 radical (unpaired) electrons. The predicted molar refractivity (Wildman–Crippen MR) is 178 cm³/mol. The molecule has 0 aromatic heterocycles. The average molecular weight is 648 g/mol. The topological polar surface area (TPSA) is 134 Å². The van der Waals surface area contributed by atoms with E-state index < -0.39 is 26.5 Å². The number of esters is 2. The minimum atomic E-state index is -4.36. The number of carbonyl (C=O) groups is 2. The van der Waals surface area contributed by atoms with Crippen LogP contribution in [0.1, 0.15) is 162 Å². The summed E-state index contributed by atoms with van der Waals surface area (Å²) in [6, 6.07) is 0. The van der Waals surface area contributed by atoms with E-state index in [9.17, 15) is 19.0 Å². The SMILES string of the molecule is CCCC/C=C/CCCCCCCCCCCC(=O)OC[C@@H](COP(=O)(O)OCCN)OC(=O)CCCCCCCCCC. The maximum Gasteiger partial charge on any atom is 0.472 e. The zero-order valence-corrected chi connectivity index (χ0v) is 29.0. The second-order valence-electron chi connectivity index (χ2n) is 11.7. The van der Waals surface area contributed by atoms with Gasteiger partial charge in [-0.2, -0.15) is 0 Å². The van der Waals surface area contributed by atoms with Crippen molar-refractivity contribution in [2.24, 2.45) is 5.73 Å². The Balaban J connectivity index is 4.18. The number of unbranched alkanes of at least 4 members (excludes halogenated alkanes) is 18. The average Bonchev–Trinajstić information content (AvgIpc) is 3.00. The lowest BCUT2D eigenvalue weighted by Crippen LogP contribution is -2.29. The van der Waals surface area contributed by atoms with Crippen LogP contribution in [0.4, 0.5) is 0 Å². The van der Waals surface area contributed by atoms with Gasteiger partial charge in [-0.05, 0) is 32.1 Å². The van der Waals surface area contributed by atoms with Crippen molar-refractivity contribution in [3.05, 3.63) is 12.2 Å². The van der Waals surface area contributed by atoms with E-state index in [1.807, 2.05) is 0 Å². The molecular formula is C34H66NO8P. The Labute approximate surface area is 269 Å². The zero-order valence-electron chi connectivity index (χ0n) is 28.2. The number of hydrogen-bond donors (Lipinski definition) is 2. The molecule has 0 bridgehead atoms. The van der Waals surface area contributed by atoms with Gasteiger partial charge in [-0.15, -0.1) is 0 Å². The van der Waals surface area contributed by atoms with Gasteiger partial charge in [-0.1, -0.05) is 129 Å². The van der Waals surface area contributed by atoms with E-state index in [2.05, 4.69) is 26.0 Å². The normalized spacial score (nSPS) is 13.6. The molecule has 2 atom stereocenters. The van der Waals surface area contributed by atoms with Crippen LogP contribution in [0, 0.1) is 0 Å². The molecule has 0 spiro atoms. The van der Waals surface area contributed by atoms with Crippen LogP contribution in [0.2, 0.25) is 0 Å². The third kappa shape index (κ3) is 30.8. The molecule has 0 aromatic carbocycles. The van der Waals surface area contributed by atoms with Gasteiger partial charge in [0.25, 0.3) is 0 Å². The number of nitrogens with two attached hydrogens (primary N) is 1. The summed E-state index contributed by atoms with van der Waals surface area (Å²) >= 11 is 0. The monoisotopic (exact) mass is 647 g/mol. The van der Waals surface area contributed by atoms with E-state index in [0.717, 1.165) is 38.5 Å². The molecular weight excluding hydrogens is 581 g/mol. The first-order valence-corrected chi connectivity index (χ1v) is 19.2. The minimum Gasteiger partial charge on any atom is -0.462 e. The summed E-state index contributed by atoms with van der Waals surface area (Å²) in [7, 11) is -4.36. The smallest absolute Gasteiger partial charge is 0.462 e. The summed E-state index contributed by atoms with van der Waals surface area (Å²) in [5, 5.41) is 0. The van der Waals surface area contributed by atoms with Crippen LogP contribution in [0.3, 0.4) is 0 Å². The molecule has 0 aromatic rings. The van der Waals surface area contributed by atoms with Crippen LogP contribution >= 0.6 is 7.82 Å². The fraction of sp³-hybridized carbons (Fsp3) is 0.882. The van der Waals surface area contributed by atoms with Crippen LogP contribution in [0.15, 0.2) is 12.2 Å². The number of ether oxygens (including phenoxy) is 2. The summed E-state index contributed by atoms with van der Waals surface area (Å²) in [6.45, 7) is 3.65. The summed E-state index contributed by atoms with van der Waals surface area (Å²) in [6.07, 6.45) is 28.2. The van der Waals surface area contributed by atoms with Gasteiger partial charge in [0, 0.05) is 19.4 Å². The highest BCUT2D eigenvalue weighted by Gasteiger charge is 2.25. The van der Waals surface area contributed by atoms with Gasteiger partial charge in [0.05, 0.1) is 13.2 Å². The Hall–Kier alpha value is -1.25. The molecule has 0 fully saturated rings. The number of carbonyl (C=O) groups excluding carboxylic acids is 2. The molecule has 0 aliphatic carbocycles. The highest BCUT2D eigenvalue weighted by molar-refractivity contribution is 7.47. The van der Waals surface area contributed by atoms with Crippen molar-refractivity contribution < 1.29 is 37.6 Å². The fourth-order valence-electron chi connectivity index (χ4n) is 4.73. The molecule has 0 aliphatic rings. The summed E-state index contributed by atoms with van der Waals surface area (Å²) < 4.78 is 32.5. The molecule has 0 rings (SSSR count). The second kappa shape index (κ2) is 31.7. The van der Waals surface area contributed by atoms with Crippen molar-refractivity contribution in [1.82, 2.24) is 0 Å². The third-order valence-corrected chi connectivity index (χ3v) is 8.39. The molecule has 0 saturated carbocycles. The van der Waals surface area contributed by atoms with E-state index in [1.54, 1.807) is 0 Å². The molecule has 3 N–H and O–H groups in total. The molecule has 260 valence electrons. The molecule has 0 amide bonds. The number of phosphoric ester groups is 1. The van der Waals surface area contributed by atoms with E-state index in [-0.39, 0.29) is 38.6 Å². The van der Waals surface area contributed by atoms with E-state index in [4.69, 9.17) is 24.3 Å². The van der Waals surface area contributed by atoms with E-state index >= 15 is 0 Å². The number of allylic oxidation sites excluding steroid dienone is 2. The second-order valence-corrected chi connectivity index (χ2v) is 13.2. The first-order chi connectivity index (χ1) is 21.3. The van der Waals surface area contributed by atoms with Gasteiger partial charge in [-0.3, -0.25) is 18.6 Å². The van der Waals surface area contributed by atoms with Crippen LogP contribution in [0.5, 0.6) is 0 Å². The van der Waals surface area contributed by atoms with Crippen LogP contribution in [0.25, 0.3) is 0 Å². The molecule has 9 nitrogen and oxygen atoms in total. The van der Waals surface area contributed by atoms with Crippen molar-refractivity contribution in [2.75, 3.05) is 26.4 Å². The van der Waals surface area contributed by atoms with E-state index in [0.29, 0.717) is 6.42 Å². The third-order valence-electron chi connectivity index (χ3n) is 7.40. The summed E-state index contributed by atoms with van der Waals surface area (Å²) in [4.78, 5) is 34.5. The Morgan fingerprint density at radius 1 is 0.659 bits per heavy atom. The van der Waals surface area contributed by atoms with Gasteiger partial charge < -0.3 is 20.1 Å². The fourth-order valence-corrected chi connectivity index (χ4v) is 5.50. The Bertz CT molecular complexity index is 749. The Morgan fingerprint density at radius 3 is 1.68 bits per heavy atom. The van der Waals surface area contributed by atoms with Gasteiger partial charge in [0.1, 0.15) is 6.61 Å². The molecule has 0 heterocycles. The maximum atomic E-state index is 12.4. The highest BCUT2D eigenvalue weighted by atomic mass is 31.2. The highest BCUT2D eigenvalue weighted by Crippen LogP contribution is 2.43. The van der Waals surface area contributed by atoms with Crippen LogP contribution in [-0.4, -0.2) is 49.3 Å². The van der Waals surface area contributed by atoms with Gasteiger partial charge in [-0.25, -0.2) is 4.57 Å². The van der Waals surface area contributed by atoms with Crippen molar-refractivity contribution in [2.45, 2.75) is 168 Å². The van der Waals surface area contributed by atoms with Crippen LogP contribution < -0.4 is 5.73 Å². The number of hydrogen-bond acceptors (Lipinski definition) is 8. The number of rotatable bonds is 33. The van der Waals surface area contributed by atoms with E-state index in [1.165, 1.54) is 89.9 Å². The molecule has 44 heavy (non-hydrogen) atoms. The minimum absolute atomic E-state index is 0.0554. The quantitative estimate of drug-likeness (QED) is 0.0309. The summed E-state index contributed by atoms with van der Waals surface area (Å²) in [5.74, 6) is -0.833. The van der Waals surface area contributed by atoms with Crippen molar-refractivity contribution in [1.29, 1.82) is 0 Å². The predicted octanol–water partition coefficient (Wildman–Crippen LogP) is 9.10. The van der Waals surface area contributed by atoms with Crippen molar-refractivity contribution in [3.8, 4) is 0 Å². The van der Waals surface area contributed by atoms with Gasteiger partial charge in [0.2, 0.25) is 0 Å². The first-order valence-electron chi connectivity index (χ1n) is 17.7. The number of phosphoric acid groups is 1. The Morgan fingerprint density at radius 2 is 1.14 bits per heavy atom. The Kier molecular flexibility index (Phi) is 30.8. The largest absolute Gasteiger partial charge is 0.472 e. The molecule has 1 unspecified atom stereocenters. The lowest BCUT2D eigenvalue weighted by molar-refractivity contribution is -0.161.